The number of furan rings is 1. The monoisotopic (exact) mass is 517 g/mol. The number of carbonyl (C=O) groups is 2. The second-order valence-electron chi connectivity index (χ2n) is 9.81. The highest BCUT2D eigenvalue weighted by Crippen LogP contribution is 2.31. The fourth-order valence-corrected chi connectivity index (χ4v) is 5.35. The summed E-state index contributed by atoms with van der Waals surface area (Å²) in [6.07, 6.45) is 5.57. The van der Waals surface area contributed by atoms with Crippen LogP contribution in [0.1, 0.15) is 53.4 Å². The van der Waals surface area contributed by atoms with Crippen molar-refractivity contribution in [2.24, 2.45) is 0 Å². The van der Waals surface area contributed by atoms with Crippen molar-refractivity contribution in [3.05, 3.63) is 83.8 Å². The molecule has 1 atom stereocenters. The molecular formula is C30H35N3O5. The molecule has 1 N–H and O–H groups in total. The zero-order chi connectivity index (χ0) is 26.3. The van der Waals surface area contributed by atoms with Crippen molar-refractivity contribution in [2.45, 2.75) is 44.3 Å². The molecule has 2 amide bonds. The van der Waals surface area contributed by atoms with E-state index in [4.69, 9.17) is 13.9 Å². The summed E-state index contributed by atoms with van der Waals surface area (Å²) in [5.74, 6) is 0.293. The molecule has 3 aromatic rings. The first kappa shape index (κ1) is 25.9. The van der Waals surface area contributed by atoms with Gasteiger partial charge < -0.3 is 29.0 Å². The smallest absolute Gasteiger partial charge is 0.290 e. The van der Waals surface area contributed by atoms with E-state index >= 15 is 0 Å². The van der Waals surface area contributed by atoms with Gasteiger partial charge in [-0.25, -0.2) is 0 Å². The molecule has 1 unspecified atom stereocenters. The van der Waals surface area contributed by atoms with Crippen LogP contribution in [-0.2, 0) is 16.1 Å². The fourth-order valence-electron chi connectivity index (χ4n) is 5.35. The van der Waals surface area contributed by atoms with Gasteiger partial charge in [0, 0.05) is 30.4 Å². The molecular weight excluding hydrogens is 482 g/mol. The molecule has 1 aliphatic carbocycles. The number of ether oxygens (including phenoxy) is 2. The molecule has 8 nitrogen and oxygen atoms in total. The predicted octanol–water partition coefficient (Wildman–Crippen LogP) is 4.57. The van der Waals surface area contributed by atoms with E-state index in [1.54, 1.807) is 24.1 Å². The van der Waals surface area contributed by atoms with Crippen molar-refractivity contribution in [1.82, 2.24) is 10.2 Å². The fraction of sp³-hybridized carbons (Fsp3) is 0.400. The summed E-state index contributed by atoms with van der Waals surface area (Å²) >= 11 is 0. The van der Waals surface area contributed by atoms with Crippen LogP contribution in [0, 0.1) is 0 Å². The van der Waals surface area contributed by atoms with Gasteiger partial charge in [0.25, 0.3) is 5.91 Å². The van der Waals surface area contributed by atoms with E-state index in [1.165, 1.54) is 6.26 Å². The lowest BCUT2D eigenvalue weighted by molar-refractivity contribution is -0.126. The summed E-state index contributed by atoms with van der Waals surface area (Å²) in [5, 5.41) is 3.23. The molecule has 0 bridgehead atoms. The number of nitrogens with one attached hydrogen (secondary N) is 1. The molecule has 2 fully saturated rings. The Morgan fingerprint density at radius 2 is 1.76 bits per heavy atom. The maximum Gasteiger partial charge on any atom is 0.290 e. The zero-order valence-electron chi connectivity index (χ0n) is 21.8. The SMILES string of the molecule is COc1ccccc1CN(C(=O)c1ccco1)C(C(=O)NC1CCCC1)c1ccc(N2CCOCC2)cc1. The average Bonchev–Trinajstić information content (AvgIpc) is 3.68. The Balaban J connectivity index is 1.52. The van der Waals surface area contributed by atoms with Gasteiger partial charge in [0.15, 0.2) is 5.76 Å². The zero-order valence-corrected chi connectivity index (χ0v) is 21.8. The Morgan fingerprint density at radius 1 is 1.03 bits per heavy atom. The molecule has 1 aliphatic heterocycles. The van der Waals surface area contributed by atoms with Crippen molar-refractivity contribution >= 4 is 17.5 Å². The van der Waals surface area contributed by atoms with Crippen LogP contribution in [-0.4, -0.2) is 56.2 Å². The number of hydrogen-bond donors (Lipinski definition) is 1. The third kappa shape index (κ3) is 5.86. The molecule has 2 aliphatic rings. The van der Waals surface area contributed by atoms with Crippen LogP contribution >= 0.6 is 0 Å². The first-order valence-electron chi connectivity index (χ1n) is 13.3. The van der Waals surface area contributed by atoms with Crippen molar-refractivity contribution in [1.29, 1.82) is 0 Å². The third-order valence-electron chi connectivity index (χ3n) is 7.37. The topological polar surface area (TPSA) is 84.2 Å². The summed E-state index contributed by atoms with van der Waals surface area (Å²) in [6.45, 7) is 3.21. The van der Waals surface area contributed by atoms with Gasteiger partial charge in [-0.3, -0.25) is 9.59 Å². The molecule has 1 aromatic heterocycles. The van der Waals surface area contributed by atoms with Gasteiger partial charge in [0.1, 0.15) is 11.8 Å². The lowest BCUT2D eigenvalue weighted by Gasteiger charge is -2.33. The molecule has 1 saturated carbocycles. The van der Waals surface area contributed by atoms with Crippen LogP contribution in [0.3, 0.4) is 0 Å². The third-order valence-corrected chi connectivity index (χ3v) is 7.37. The molecule has 2 heterocycles. The number of carbonyl (C=O) groups excluding carboxylic acids is 2. The highest BCUT2D eigenvalue weighted by atomic mass is 16.5. The summed E-state index contributed by atoms with van der Waals surface area (Å²) in [5.41, 5.74) is 2.62. The van der Waals surface area contributed by atoms with Gasteiger partial charge in [-0.1, -0.05) is 43.2 Å². The number of hydrogen-bond acceptors (Lipinski definition) is 6. The largest absolute Gasteiger partial charge is 0.496 e. The number of rotatable bonds is 9. The Hall–Kier alpha value is -3.78. The Bertz CT molecular complexity index is 1200. The van der Waals surface area contributed by atoms with E-state index in [1.807, 2.05) is 48.5 Å². The van der Waals surface area contributed by atoms with Crippen molar-refractivity contribution in [3.63, 3.8) is 0 Å². The summed E-state index contributed by atoms with van der Waals surface area (Å²) in [6, 6.07) is 18.1. The molecule has 8 heteroatoms. The van der Waals surface area contributed by atoms with Crippen molar-refractivity contribution in [2.75, 3.05) is 38.3 Å². The number of nitrogens with zero attached hydrogens (tertiary/aromatic N) is 2. The van der Waals surface area contributed by atoms with Crippen LogP contribution in [0.4, 0.5) is 5.69 Å². The van der Waals surface area contributed by atoms with E-state index in [0.29, 0.717) is 19.0 Å². The lowest BCUT2D eigenvalue weighted by atomic mass is 10.0. The van der Waals surface area contributed by atoms with Crippen LogP contribution in [0.15, 0.2) is 71.3 Å². The van der Waals surface area contributed by atoms with Gasteiger partial charge in [-0.15, -0.1) is 0 Å². The van der Waals surface area contributed by atoms with Gasteiger partial charge in [0.2, 0.25) is 5.91 Å². The minimum absolute atomic E-state index is 0.115. The lowest BCUT2D eigenvalue weighted by Crippen LogP contribution is -2.46. The van der Waals surface area contributed by atoms with E-state index in [2.05, 4.69) is 10.2 Å². The molecule has 1 saturated heterocycles. The number of anilines is 1. The van der Waals surface area contributed by atoms with Gasteiger partial charge in [-0.2, -0.15) is 0 Å². The van der Waals surface area contributed by atoms with Gasteiger partial charge in [0.05, 0.1) is 33.1 Å². The van der Waals surface area contributed by atoms with E-state index in [-0.39, 0.29) is 30.2 Å². The van der Waals surface area contributed by atoms with Crippen molar-refractivity contribution in [3.8, 4) is 5.75 Å². The number of benzene rings is 2. The summed E-state index contributed by atoms with van der Waals surface area (Å²) in [7, 11) is 1.60. The first-order chi connectivity index (χ1) is 18.6. The maximum absolute atomic E-state index is 14.0. The van der Waals surface area contributed by atoms with E-state index < -0.39 is 6.04 Å². The van der Waals surface area contributed by atoms with Crippen molar-refractivity contribution < 1.29 is 23.5 Å². The summed E-state index contributed by atoms with van der Waals surface area (Å²) in [4.78, 5) is 31.7. The van der Waals surface area contributed by atoms with E-state index in [0.717, 1.165) is 55.6 Å². The number of morpholine rings is 1. The molecule has 38 heavy (non-hydrogen) atoms. The Labute approximate surface area is 223 Å². The first-order valence-corrected chi connectivity index (χ1v) is 13.3. The van der Waals surface area contributed by atoms with Gasteiger partial charge in [-0.05, 0) is 48.7 Å². The van der Waals surface area contributed by atoms with Crippen LogP contribution in [0.2, 0.25) is 0 Å². The standard InChI is InChI=1S/C30H35N3O5/c1-36-26-10-5-2-7-23(26)21-33(30(35)27-11-6-18-38-27)28(29(34)31-24-8-3-4-9-24)22-12-14-25(15-13-22)32-16-19-37-20-17-32/h2,5-7,10-15,18,24,28H,3-4,8-9,16-17,19-21H2,1H3,(H,31,34). The minimum Gasteiger partial charge on any atom is -0.496 e. The van der Waals surface area contributed by atoms with Crippen LogP contribution in [0.25, 0.3) is 0 Å². The number of methoxy groups -OCH3 is 1. The molecule has 5 rings (SSSR count). The second-order valence-corrected chi connectivity index (χ2v) is 9.81. The number of para-hydroxylation sites is 1. The quantitative estimate of drug-likeness (QED) is 0.448. The van der Waals surface area contributed by atoms with Crippen LogP contribution in [0.5, 0.6) is 5.75 Å². The highest BCUT2D eigenvalue weighted by molar-refractivity contribution is 5.96. The average molecular weight is 518 g/mol. The number of amides is 2. The minimum atomic E-state index is -0.850. The molecule has 0 spiro atoms. The molecule has 2 aromatic carbocycles. The molecule has 0 radical (unpaired) electrons. The second kappa shape index (κ2) is 12.2. The Morgan fingerprint density at radius 3 is 2.45 bits per heavy atom. The maximum atomic E-state index is 14.0. The Kier molecular flexibility index (Phi) is 8.28. The van der Waals surface area contributed by atoms with Crippen LogP contribution < -0.4 is 15.0 Å². The van der Waals surface area contributed by atoms with E-state index in [9.17, 15) is 9.59 Å². The van der Waals surface area contributed by atoms with Gasteiger partial charge >= 0.3 is 0 Å². The molecule has 200 valence electrons. The normalized spacial score (nSPS) is 16.7. The predicted molar refractivity (Wildman–Crippen MR) is 144 cm³/mol. The highest BCUT2D eigenvalue weighted by Gasteiger charge is 2.35. The summed E-state index contributed by atoms with van der Waals surface area (Å²) < 4.78 is 16.6.